The van der Waals surface area contributed by atoms with E-state index in [1.54, 1.807) is 6.21 Å². The van der Waals surface area contributed by atoms with Gasteiger partial charge in [0.25, 0.3) is 5.91 Å². The second kappa shape index (κ2) is 8.57. The summed E-state index contributed by atoms with van der Waals surface area (Å²) in [6.45, 7) is 1.88. The molecule has 8 heteroatoms. The van der Waals surface area contributed by atoms with E-state index < -0.39 is 18.1 Å². The van der Waals surface area contributed by atoms with E-state index in [2.05, 4.69) is 42.8 Å². The van der Waals surface area contributed by atoms with Gasteiger partial charge in [0.15, 0.2) is 12.0 Å². The van der Waals surface area contributed by atoms with E-state index in [1.165, 1.54) is 6.08 Å². The predicted molar refractivity (Wildman–Crippen MR) is 115 cm³/mol. The summed E-state index contributed by atoms with van der Waals surface area (Å²) in [6, 6.07) is 9.51. The monoisotopic (exact) mass is 400 g/mol. The van der Waals surface area contributed by atoms with E-state index in [9.17, 15) is 9.59 Å². The second-order valence-corrected chi connectivity index (χ2v) is 6.88. The number of hydrogen-bond donors (Lipinski definition) is 3. The van der Waals surface area contributed by atoms with Crippen LogP contribution in [0.5, 0.6) is 0 Å². The van der Waals surface area contributed by atoms with Crippen molar-refractivity contribution in [2.75, 3.05) is 0 Å². The lowest BCUT2D eigenvalue weighted by Gasteiger charge is -2.11. The average molecular weight is 400 g/mol. The number of amidine groups is 1. The molecule has 3 N–H and O–H groups in total. The number of aliphatic imine (C=N–C) groups is 3. The number of carbonyl (C=O) groups is 2. The number of hydrogen-bond acceptors (Lipinski definition) is 5. The summed E-state index contributed by atoms with van der Waals surface area (Å²) >= 11 is 0. The summed E-state index contributed by atoms with van der Waals surface area (Å²) in [5.74, 6) is 6.31. The Bertz CT molecular complexity index is 1080. The minimum Gasteiger partial charge on any atom is -0.367 e. The highest BCUT2D eigenvalue weighted by atomic mass is 16.2. The molecule has 1 aromatic carbocycles. The molecule has 1 unspecified atom stereocenters. The zero-order chi connectivity index (χ0) is 20.9. The summed E-state index contributed by atoms with van der Waals surface area (Å²) < 4.78 is 0. The van der Waals surface area contributed by atoms with Gasteiger partial charge in [-0.15, -0.1) is 0 Å². The summed E-state index contributed by atoms with van der Waals surface area (Å²) in [7, 11) is 0. The van der Waals surface area contributed by atoms with E-state index in [0.717, 1.165) is 18.4 Å². The van der Waals surface area contributed by atoms with Crippen LogP contribution in [0, 0.1) is 11.8 Å². The smallest absolute Gasteiger partial charge is 0.326 e. The maximum atomic E-state index is 11.7. The molecule has 0 bridgehead atoms. The molecule has 0 aromatic heterocycles. The Morgan fingerprint density at radius 1 is 1.23 bits per heavy atom. The molecular weight excluding hydrogens is 380 g/mol. The Balaban J connectivity index is 1.55. The molecule has 2 fully saturated rings. The maximum absolute atomic E-state index is 11.7. The summed E-state index contributed by atoms with van der Waals surface area (Å²) in [5.41, 5.74) is 2.14. The minimum atomic E-state index is -0.550. The lowest BCUT2D eigenvalue weighted by atomic mass is 10.2. The predicted octanol–water partition coefficient (Wildman–Crippen LogP) is 1.67. The van der Waals surface area contributed by atoms with Gasteiger partial charge in [-0.3, -0.25) is 15.1 Å². The number of amides is 3. The minimum absolute atomic E-state index is 0.141. The van der Waals surface area contributed by atoms with Crippen molar-refractivity contribution in [2.24, 2.45) is 15.0 Å². The first-order chi connectivity index (χ1) is 14.6. The van der Waals surface area contributed by atoms with Gasteiger partial charge in [-0.25, -0.2) is 14.8 Å². The SMILES string of the molecule is C/C=C(C#Cc1ccccc1)\N=C(\NC1CC1)C1N=CC(/C=C2\NC(=O)NC2=O)=N1. The van der Waals surface area contributed by atoms with Gasteiger partial charge in [-0.2, -0.15) is 0 Å². The maximum Gasteiger partial charge on any atom is 0.326 e. The zero-order valence-corrected chi connectivity index (χ0v) is 16.3. The highest BCUT2D eigenvalue weighted by Gasteiger charge is 2.28. The Morgan fingerprint density at radius 3 is 2.70 bits per heavy atom. The standard InChI is InChI=1S/C22H20N6O2/c1-2-15(9-8-14-6-4-3-5-7-14)24-20(25-16-10-11-16)19-23-13-17(26-19)12-18-21(29)28-22(30)27-18/h2-7,12-13,16,19H,10-11H2,1H3,(H,24,25)(H2,27,28,29,30)/b15-2-,18-12-. The number of benzene rings is 1. The number of rotatable bonds is 4. The highest BCUT2D eigenvalue weighted by molar-refractivity contribution is 6.39. The molecule has 0 radical (unpaired) electrons. The number of nitrogens with one attached hydrogen (secondary N) is 3. The zero-order valence-electron chi connectivity index (χ0n) is 16.3. The topological polar surface area (TPSA) is 107 Å². The van der Waals surface area contributed by atoms with Gasteiger partial charge >= 0.3 is 6.03 Å². The molecule has 1 saturated carbocycles. The molecule has 30 heavy (non-hydrogen) atoms. The van der Waals surface area contributed by atoms with Crippen molar-refractivity contribution in [1.82, 2.24) is 16.0 Å². The fraction of sp³-hybridized carbons (Fsp3) is 0.227. The highest BCUT2D eigenvalue weighted by Crippen LogP contribution is 2.20. The Hall–Kier alpha value is -3.99. The molecule has 1 saturated heterocycles. The third-order valence-electron chi connectivity index (χ3n) is 4.43. The van der Waals surface area contributed by atoms with Gasteiger partial charge in [0.1, 0.15) is 11.4 Å². The number of urea groups is 1. The Morgan fingerprint density at radius 2 is 2.03 bits per heavy atom. The molecular formula is C22H20N6O2. The first kappa shape index (κ1) is 19.3. The van der Waals surface area contributed by atoms with Crippen LogP contribution in [0.2, 0.25) is 0 Å². The van der Waals surface area contributed by atoms with Gasteiger partial charge in [-0.05, 0) is 43.9 Å². The van der Waals surface area contributed by atoms with Gasteiger partial charge < -0.3 is 10.6 Å². The average Bonchev–Trinajstić information content (AvgIpc) is 3.35. The molecule has 3 amide bonds. The van der Waals surface area contributed by atoms with Crippen LogP contribution < -0.4 is 16.0 Å². The van der Waals surface area contributed by atoms with E-state index >= 15 is 0 Å². The molecule has 0 spiro atoms. The van der Waals surface area contributed by atoms with E-state index in [4.69, 9.17) is 0 Å². The lowest BCUT2D eigenvalue weighted by Crippen LogP contribution is -2.33. The first-order valence-corrected chi connectivity index (χ1v) is 9.64. The number of nitrogens with zero attached hydrogens (tertiary/aromatic N) is 3. The van der Waals surface area contributed by atoms with E-state index in [1.807, 2.05) is 43.3 Å². The molecule has 150 valence electrons. The van der Waals surface area contributed by atoms with Gasteiger partial charge in [0.05, 0.1) is 5.71 Å². The van der Waals surface area contributed by atoms with Crippen LogP contribution in [0.25, 0.3) is 0 Å². The van der Waals surface area contributed by atoms with Crippen LogP contribution >= 0.6 is 0 Å². The molecule has 2 aliphatic heterocycles. The lowest BCUT2D eigenvalue weighted by molar-refractivity contribution is -0.115. The number of carbonyl (C=O) groups excluding carboxylic acids is 2. The van der Waals surface area contributed by atoms with Crippen molar-refractivity contribution < 1.29 is 9.59 Å². The number of allylic oxidation sites excluding steroid dienone is 3. The molecule has 3 aliphatic rings. The van der Waals surface area contributed by atoms with Crippen molar-refractivity contribution >= 4 is 29.7 Å². The van der Waals surface area contributed by atoms with Gasteiger partial charge in [-0.1, -0.05) is 30.2 Å². The molecule has 1 atom stereocenters. The molecule has 1 aromatic rings. The van der Waals surface area contributed by atoms with Crippen LogP contribution in [-0.2, 0) is 4.79 Å². The summed E-state index contributed by atoms with van der Waals surface area (Å²) in [4.78, 5) is 36.5. The third kappa shape index (κ3) is 4.89. The quantitative estimate of drug-likeness (QED) is 0.235. The molecule has 2 heterocycles. The normalized spacial score (nSPS) is 22.4. The van der Waals surface area contributed by atoms with Gasteiger partial charge in [0, 0.05) is 17.8 Å². The van der Waals surface area contributed by atoms with Crippen LogP contribution in [-0.4, -0.2) is 41.9 Å². The summed E-state index contributed by atoms with van der Waals surface area (Å²) in [5, 5.41) is 7.97. The largest absolute Gasteiger partial charge is 0.367 e. The molecule has 4 rings (SSSR count). The molecule has 8 nitrogen and oxygen atoms in total. The van der Waals surface area contributed by atoms with Gasteiger partial charge in [0.2, 0.25) is 0 Å². The third-order valence-corrected chi connectivity index (χ3v) is 4.43. The Kier molecular flexibility index (Phi) is 5.52. The second-order valence-electron chi connectivity index (χ2n) is 6.88. The van der Waals surface area contributed by atoms with E-state index in [-0.39, 0.29) is 5.70 Å². The van der Waals surface area contributed by atoms with Crippen molar-refractivity contribution in [3.8, 4) is 11.8 Å². The number of imide groups is 1. The van der Waals surface area contributed by atoms with Crippen LogP contribution in [0.1, 0.15) is 25.3 Å². The van der Waals surface area contributed by atoms with E-state index in [0.29, 0.717) is 23.3 Å². The van der Waals surface area contributed by atoms with Crippen molar-refractivity contribution in [2.45, 2.75) is 32.0 Å². The van der Waals surface area contributed by atoms with Crippen molar-refractivity contribution in [3.63, 3.8) is 0 Å². The first-order valence-electron chi connectivity index (χ1n) is 9.64. The molecule has 1 aliphatic carbocycles. The van der Waals surface area contributed by atoms with Crippen LogP contribution in [0.3, 0.4) is 0 Å². The fourth-order valence-corrected chi connectivity index (χ4v) is 2.74. The van der Waals surface area contributed by atoms with Crippen molar-refractivity contribution in [3.05, 3.63) is 59.4 Å². The van der Waals surface area contributed by atoms with Crippen molar-refractivity contribution in [1.29, 1.82) is 0 Å². The summed E-state index contributed by atoms with van der Waals surface area (Å²) in [6.07, 6.45) is 6.49. The van der Waals surface area contributed by atoms with Crippen LogP contribution in [0.15, 0.2) is 68.9 Å². The Labute approximate surface area is 174 Å². The van der Waals surface area contributed by atoms with Crippen LogP contribution in [0.4, 0.5) is 4.79 Å². The fourth-order valence-electron chi connectivity index (χ4n) is 2.74.